The van der Waals surface area contributed by atoms with Gasteiger partial charge in [0, 0.05) is 16.7 Å². The third kappa shape index (κ3) is 1.39. The average Bonchev–Trinajstić information content (AvgIpc) is 3.09. The first kappa shape index (κ1) is 11.3. The largest absolute Gasteiger partial charge is 0.465 e. The van der Waals surface area contributed by atoms with Gasteiger partial charge in [0.1, 0.15) is 11.4 Å². The molecule has 5 heteroatoms. The smallest absolute Gasteiger partial charge is 0.282 e. The number of benzene rings is 1. The summed E-state index contributed by atoms with van der Waals surface area (Å²) < 4.78 is 19.4. The standard InChI is InChI=1S/C13H16FN3O/c1-12(9-6-8(15)2-3-10(9)14)13(4-5-13)7-18-11(16)17-12/h2-3,6H,4-5,7,15H2,1H3,(H2,16,17)/t12-/m1/s1. The molecule has 1 aromatic rings. The van der Waals surface area contributed by atoms with E-state index in [4.69, 9.17) is 16.2 Å². The zero-order chi connectivity index (χ0) is 13.0. The summed E-state index contributed by atoms with van der Waals surface area (Å²) in [6.07, 6.45) is 1.93. The molecule has 1 aromatic carbocycles. The first-order chi connectivity index (χ1) is 8.47. The van der Waals surface area contributed by atoms with Crippen LogP contribution in [0.3, 0.4) is 0 Å². The molecule has 1 aliphatic carbocycles. The normalized spacial score (nSPS) is 28.7. The van der Waals surface area contributed by atoms with Gasteiger partial charge in [-0.3, -0.25) is 0 Å². The molecule has 0 bridgehead atoms. The summed E-state index contributed by atoms with van der Waals surface area (Å²) in [6.45, 7) is 2.40. The minimum Gasteiger partial charge on any atom is -0.465 e. The third-order valence-electron chi connectivity index (χ3n) is 4.23. The van der Waals surface area contributed by atoms with Crippen LogP contribution in [-0.4, -0.2) is 12.6 Å². The van der Waals surface area contributed by atoms with Gasteiger partial charge in [0.05, 0.1) is 6.61 Å². The van der Waals surface area contributed by atoms with Crippen LogP contribution < -0.4 is 11.5 Å². The minimum atomic E-state index is -0.686. The number of amidine groups is 1. The molecule has 4 nitrogen and oxygen atoms in total. The number of nitrogens with zero attached hydrogens (tertiary/aromatic N) is 1. The lowest BCUT2D eigenvalue weighted by molar-refractivity contribution is 0.114. The van der Waals surface area contributed by atoms with Crippen LogP contribution in [0, 0.1) is 11.2 Å². The quantitative estimate of drug-likeness (QED) is 0.745. The average molecular weight is 249 g/mol. The molecular formula is C13H16FN3O. The van der Waals surface area contributed by atoms with E-state index < -0.39 is 5.54 Å². The molecule has 96 valence electrons. The van der Waals surface area contributed by atoms with Gasteiger partial charge in [0.25, 0.3) is 6.02 Å². The highest BCUT2D eigenvalue weighted by Crippen LogP contribution is 2.62. The van der Waals surface area contributed by atoms with Crippen LogP contribution in [-0.2, 0) is 10.3 Å². The number of aliphatic imine (C=N–C) groups is 1. The van der Waals surface area contributed by atoms with Crippen molar-refractivity contribution in [3.63, 3.8) is 0 Å². The van der Waals surface area contributed by atoms with Crippen molar-refractivity contribution < 1.29 is 9.13 Å². The Balaban J connectivity index is 2.18. The van der Waals surface area contributed by atoms with E-state index in [0.717, 1.165) is 12.8 Å². The third-order valence-corrected chi connectivity index (χ3v) is 4.23. The monoisotopic (exact) mass is 249 g/mol. The fourth-order valence-electron chi connectivity index (χ4n) is 2.77. The summed E-state index contributed by atoms with van der Waals surface area (Å²) in [5, 5.41) is 0. The molecule has 1 saturated carbocycles. The highest BCUT2D eigenvalue weighted by Gasteiger charge is 2.61. The lowest BCUT2D eigenvalue weighted by atomic mass is 9.76. The Hall–Kier alpha value is -1.78. The van der Waals surface area contributed by atoms with Crippen molar-refractivity contribution in [2.24, 2.45) is 16.1 Å². The van der Waals surface area contributed by atoms with Gasteiger partial charge in [0.15, 0.2) is 0 Å². The maximum absolute atomic E-state index is 14.1. The Morgan fingerprint density at radius 3 is 2.72 bits per heavy atom. The summed E-state index contributed by atoms with van der Waals surface area (Å²) in [4.78, 5) is 4.38. The number of hydrogen-bond donors (Lipinski definition) is 2. The predicted octanol–water partition coefficient (Wildman–Crippen LogP) is 1.75. The summed E-state index contributed by atoms with van der Waals surface area (Å²) in [5.41, 5.74) is 11.6. The van der Waals surface area contributed by atoms with Gasteiger partial charge in [-0.15, -0.1) is 0 Å². The Labute approximate surface area is 105 Å². The molecule has 3 rings (SSSR count). The van der Waals surface area contributed by atoms with Crippen molar-refractivity contribution in [2.45, 2.75) is 25.3 Å². The molecule has 2 aliphatic rings. The number of halogens is 1. The summed E-state index contributed by atoms with van der Waals surface area (Å²) in [5.74, 6) is -0.295. The molecule has 4 N–H and O–H groups in total. The van der Waals surface area contributed by atoms with Crippen molar-refractivity contribution in [3.05, 3.63) is 29.6 Å². The second-order valence-electron chi connectivity index (χ2n) is 5.33. The minimum absolute atomic E-state index is 0.122. The molecule has 0 aromatic heterocycles. The van der Waals surface area contributed by atoms with Gasteiger partial charge < -0.3 is 16.2 Å². The Morgan fingerprint density at radius 1 is 1.33 bits per heavy atom. The fourth-order valence-corrected chi connectivity index (χ4v) is 2.77. The predicted molar refractivity (Wildman–Crippen MR) is 67.4 cm³/mol. The molecule has 1 heterocycles. The van der Waals surface area contributed by atoms with Gasteiger partial charge >= 0.3 is 0 Å². The molecule has 0 unspecified atom stereocenters. The van der Waals surface area contributed by atoms with Gasteiger partial charge in [-0.25, -0.2) is 9.38 Å². The van der Waals surface area contributed by atoms with Crippen LogP contribution in [0.25, 0.3) is 0 Å². The zero-order valence-corrected chi connectivity index (χ0v) is 10.2. The lowest BCUT2D eigenvalue weighted by Crippen LogP contribution is -2.43. The number of hydrogen-bond acceptors (Lipinski definition) is 4. The number of anilines is 1. The van der Waals surface area contributed by atoms with Crippen molar-refractivity contribution in [3.8, 4) is 0 Å². The number of nitrogens with two attached hydrogens (primary N) is 2. The molecule has 0 radical (unpaired) electrons. The summed E-state index contributed by atoms with van der Waals surface area (Å²) >= 11 is 0. The van der Waals surface area contributed by atoms with E-state index in [2.05, 4.69) is 4.99 Å². The van der Waals surface area contributed by atoms with Crippen LogP contribution in [0.2, 0.25) is 0 Å². The van der Waals surface area contributed by atoms with Crippen molar-refractivity contribution in [2.75, 3.05) is 12.3 Å². The number of ether oxygens (including phenoxy) is 1. The van der Waals surface area contributed by atoms with Crippen molar-refractivity contribution in [1.82, 2.24) is 0 Å². The van der Waals surface area contributed by atoms with Gasteiger partial charge in [-0.2, -0.15) is 0 Å². The molecular weight excluding hydrogens is 233 g/mol. The van der Waals surface area contributed by atoms with Crippen molar-refractivity contribution >= 4 is 11.7 Å². The fraction of sp³-hybridized carbons (Fsp3) is 0.462. The molecule has 1 aliphatic heterocycles. The highest BCUT2D eigenvalue weighted by atomic mass is 19.1. The van der Waals surface area contributed by atoms with E-state index >= 15 is 0 Å². The molecule has 1 atom stereocenters. The molecule has 1 spiro atoms. The van der Waals surface area contributed by atoms with Gasteiger partial charge in [-0.05, 0) is 38.0 Å². The maximum atomic E-state index is 14.1. The Bertz CT molecular complexity index is 539. The van der Waals surface area contributed by atoms with Crippen LogP contribution in [0.4, 0.5) is 10.1 Å². The van der Waals surface area contributed by atoms with Crippen LogP contribution in [0.1, 0.15) is 25.3 Å². The molecule has 0 amide bonds. The molecule has 1 fully saturated rings. The lowest BCUT2D eigenvalue weighted by Gasteiger charge is -2.38. The second-order valence-corrected chi connectivity index (χ2v) is 5.33. The first-order valence-electron chi connectivity index (χ1n) is 6.01. The molecule has 0 saturated heterocycles. The van der Waals surface area contributed by atoms with E-state index in [1.807, 2.05) is 6.92 Å². The summed E-state index contributed by atoms with van der Waals surface area (Å²) in [6, 6.07) is 4.70. The van der Waals surface area contributed by atoms with E-state index in [9.17, 15) is 4.39 Å². The second kappa shape index (κ2) is 3.37. The molecule has 18 heavy (non-hydrogen) atoms. The SMILES string of the molecule is C[C@]1(c2cc(N)ccc2F)N=C(N)OCC12CC2. The van der Waals surface area contributed by atoms with Crippen molar-refractivity contribution in [1.29, 1.82) is 0 Å². The number of nitrogen functional groups attached to an aromatic ring is 1. The van der Waals surface area contributed by atoms with Crippen LogP contribution in [0.5, 0.6) is 0 Å². The van der Waals surface area contributed by atoms with E-state index in [-0.39, 0.29) is 17.3 Å². The van der Waals surface area contributed by atoms with E-state index in [1.54, 1.807) is 12.1 Å². The summed E-state index contributed by atoms with van der Waals surface area (Å²) in [7, 11) is 0. The number of rotatable bonds is 1. The van der Waals surface area contributed by atoms with E-state index in [1.165, 1.54) is 6.07 Å². The topological polar surface area (TPSA) is 73.6 Å². The van der Waals surface area contributed by atoms with E-state index in [0.29, 0.717) is 17.9 Å². The van der Waals surface area contributed by atoms with Crippen LogP contribution in [0.15, 0.2) is 23.2 Å². The van der Waals surface area contributed by atoms with Gasteiger partial charge in [0.2, 0.25) is 0 Å². The first-order valence-corrected chi connectivity index (χ1v) is 6.01. The zero-order valence-electron chi connectivity index (χ0n) is 10.2. The van der Waals surface area contributed by atoms with Gasteiger partial charge in [-0.1, -0.05) is 0 Å². The maximum Gasteiger partial charge on any atom is 0.282 e. The Kier molecular flexibility index (Phi) is 2.12. The van der Waals surface area contributed by atoms with Crippen LogP contribution >= 0.6 is 0 Å². The Morgan fingerprint density at radius 2 is 2.06 bits per heavy atom. The highest BCUT2D eigenvalue weighted by molar-refractivity contribution is 5.73.